The van der Waals surface area contributed by atoms with Gasteiger partial charge in [0.05, 0.1) is 35.3 Å². The molecular formula is C15H16N4O5S. The maximum atomic E-state index is 12.2. The van der Waals surface area contributed by atoms with Crippen LogP contribution in [0.4, 0.5) is 4.79 Å². The summed E-state index contributed by atoms with van der Waals surface area (Å²) in [5, 5.41) is 11.1. The summed E-state index contributed by atoms with van der Waals surface area (Å²) in [5.74, 6) is -1.06. The molecule has 1 aliphatic rings. The maximum Gasteiger partial charge on any atom is 0.437 e. The van der Waals surface area contributed by atoms with Crippen LogP contribution < -0.4 is 16.4 Å². The van der Waals surface area contributed by atoms with Gasteiger partial charge in [-0.25, -0.2) is 14.4 Å². The number of carbonyl (C=O) groups excluding carboxylic acids is 2. The third-order valence-electron chi connectivity index (χ3n) is 3.51. The molecule has 25 heavy (non-hydrogen) atoms. The number of amides is 2. The van der Waals surface area contributed by atoms with Crippen LogP contribution in [-0.2, 0) is 16.1 Å². The second kappa shape index (κ2) is 6.93. The first-order valence-corrected chi connectivity index (χ1v) is 8.47. The first kappa shape index (κ1) is 17.0. The number of carbonyl (C=O) groups is 2. The van der Waals surface area contributed by atoms with Crippen molar-refractivity contribution in [2.75, 3.05) is 6.61 Å². The molecule has 0 aromatic carbocycles. The first-order valence-electron chi connectivity index (χ1n) is 7.59. The van der Waals surface area contributed by atoms with Gasteiger partial charge in [-0.15, -0.1) is 16.4 Å². The van der Waals surface area contributed by atoms with Crippen molar-refractivity contribution < 1.29 is 18.7 Å². The zero-order valence-corrected chi connectivity index (χ0v) is 14.4. The molecule has 0 saturated carbocycles. The summed E-state index contributed by atoms with van der Waals surface area (Å²) in [6.45, 7) is 3.43. The molecule has 2 amide bonds. The smallest absolute Gasteiger partial charge is 0.437 e. The van der Waals surface area contributed by atoms with Crippen LogP contribution in [0.25, 0.3) is 10.8 Å². The van der Waals surface area contributed by atoms with E-state index in [1.165, 1.54) is 11.3 Å². The van der Waals surface area contributed by atoms with E-state index in [1.807, 2.05) is 11.4 Å². The number of thiophene rings is 1. The highest BCUT2D eigenvalue weighted by atomic mass is 32.1. The van der Waals surface area contributed by atoms with E-state index < -0.39 is 23.8 Å². The molecule has 1 atom stereocenters. The Kier molecular flexibility index (Phi) is 4.70. The van der Waals surface area contributed by atoms with Gasteiger partial charge in [-0.1, -0.05) is 6.07 Å². The van der Waals surface area contributed by atoms with Crippen LogP contribution in [0, 0.1) is 0 Å². The molecule has 0 unspecified atom stereocenters. The van der Waals surface area contributed by atoms with Gasteiger partial charge in [-0.2, -0.15) is 4.68 Å². The predicted molar refractivity (Wildman–Crippen MR) is 88.9 cm³/mol. The van der Waals surface area contributed by atoms with Crippen LogP contribution in [0.2, 0.25) is 0 Å². The molecule has 2 aromatic rings. The largest absolute Gasteiger partial charge is 0.463 e. The predicted octanol–water partition coefficient (Wildman–Crippen LogP) is 1.08. The van der Waals surface area contributed by atoms with E-state index in [0.717, 1.165) is 4.68 Å². The lowest BCUT2D eigenvalue weighted by atomic mass is 10.0. The molecule has 2 N–H and O–H groups in total. The van der Waals surface area contributed by atoms with E-state index >= 15 is 0 Å². The van der Waals surface area contributed by atoms with Gasteiger partial charge in [0.1, 0.15) is 0 Å². The number of hydrogen-bond acceptors (Lipinski definition) is 7. The second-order valence-electron chi connectivity index (χ2n) is 5.24. The van der Waals surface area contributed by atoms with E-state index in [-0.39, 0.29) is 30.3 Å². The molecule has 1 aliphatic heterocycles. The highest BCUT2D eigenvalue weighted by Crippen LogP contribution is 2.21. The van der Waals surface area contributed by atoms with Crippen LogP contribution in [0.5, 0.6) is 0 Å². The van der Waals surface area contributed by atoms with Crippen LogP contribution in [0.1, 0.15) is 13.8 Å². The van der Waals surface area contributed by atoms with Crippen LogP contribution in [0.3, 0.4) is 0 Å². The molecule has 2 aromatic heterocycles. The monoisotopic (exact) mass is 364 g/mol. The molecule has 0 saturated heterocycles. The zero-order valence-electron chi connectivity index (χ0n) is 13.6. The molecule has 0 aliphatic carbocycles. The standard InChI is InChI=1S/C15H16N4O5S/c1-3-23-13(20)11-8(2)16-14(21)17-9(11)7-19-15(22)24-12(18-19)10-5-4-6-25-10/h4-6,8H,3,7H2,1-2H3,(H2,16,17,21)/t8-/m1/s1. The van der Waals surface area contributed by atoms with Crippen molar-refractivity contribution in [3.63, 3.8) is 0 Å². The average molecular weight is 364 g/mol. The highest BCUT2D eigenvalue weighted by molar-refractivity contribution is 7.13. The molecular weight excluding hydrogens is 348 g/mol. The van der Waals surface area contributed by atoms with Crippen molar-refractivity contribution >= 4 is 23.3 Å². The minimum Gasteiger partial charge on any atom is -0.463 e. The fraction of sp³-hybridized carbons (Fsp3) is 0.333. The molecule has 0 radical (unpaired) electrons. The topological polar surface area (TPSA) is 115 Å². The fourth-order valence-corrected chi connectivity index (χ4v) is 3.10. The molecule has 3 rings (SSSR count). The number of urea groups is 1. The van der Waals surface area contributed by atoms with Gasteiger partial charge in [-0.3, -0.25) is 0 Å². The Bertz CT molecular complexity index is 880. The summed E-state index contributed by atoms with van der Waals surface area (Å²) in [6.07, 6.45) is 0. The Morgan fingerprint density at radius 1 is 1.48 bits per heavy atom. The number of rotatable bonds is 5. The van der Waals surface area contributed by atoms with Gasteiger partial charge in [0.25, 0.3) is 5.89 Å². The fourth-order valence-electron chi connectivity index (χ4n) is 2.46. The van der Waals surface area contributed by atoms with Crippen molar-refractivity contribution in [2.24, 2.45) is 0 Å². The van der Waals surface area contributed by atoms with Crippen molar-refractivity contribution in [1.29, 1.82) is 0 Å². The van der Waals surface area contributed by atoms with E-state index in [0.29, 0.717) is 4.88 Å². The SMILES string of the molecule is CCOC(=O)C1=C(Cn2nc(-c3cccs3)oc2=O)NC(=O)N[C@@H]1C. The Morgan fingerprint density at radius 2 is 2.28 bits per heavy atom. The number of esters is 1. The van der Waals surface area contributed by atoms with Crippen molar-refractivity contribution in [3.05, 3.63) is 39.3 Å². The summed E-state index contributed by atoms with van der Waals surface area (Å²) in [4.78, 5) is 36.7. The van der Waals surface area contributed by atoms with Crippen LogP contribution >= 0.6 is 11.3 Å². The number of hydrogen-bond donors (Lipinski definition) is 2. The summed E-state index contributed by atoms with van der Waals surface area (Å²) in [7, 11) is 0. The second-order valence-corrected chi connectivity index (χ2v) is 6.19. The third-order valence-corrected chi connectivity index (χ3v) is 4.37. The first-order chi connectivity index (χ1) is 12.0. The number of ether oxygens (including phenoxy) is 1. The van der Waals surface area contributed by atoms with Gasteiger partial charge in [0.15, 0.2) is 0 Å². The van der Waals surface area contributed by atoms with Gasteiger partial charge < -0.3 is 19.8 Å². The molecule has 0 bridgehead atoms. The van der Waals surface area contributed by atoms with Crippen molar-refractivity contribution in [1.82, 2.24) is 20.4 Å². The van der Waals surface area contributed by atoms with E-state index in [9.17, 15) is 14.4 Å². The quantitative estimate of drug-likeness (QED) is 0.767. The summed E-state index contributed by atoms with van der Waals surface area (Å²) < 4.78 is 11.2. The van der Waals surface area contributed by atoms with Gasteiger partial charge in [0, 0.05) is 0 Å². The Balaban J connectivity index is 1.96. The van der Waals surface area contributed by atoms with E-state index in [4.69, 9.17) is 9.15 Å². The normalized spacial score (nSPS) is 17.2. The summed E-state index contributed by atoms with van der Waals surface area (Å²) in [5.41, 5.74) is 0.497. The Labute approximate surface area is 146 Å². The minimum absolute atomic E-state index is 0.111. The van der Waals surface area contributed by atoms with Gasteiger partial charge in [0.2, 0.25) is 0 Å². The lowest BCUT2D eigenvalue weighted by Crippen LogP contribution is -2.50. The number of nitrogens with one attached hydrogen (secondary N) is 2. The molecule has 10 heteroatoms. The summed E-state index contributed by atoms with van der Waals surface area (Å²) in [6, 6.07) is 2.57. The molecule has 0 fully saturated rings. The lowest BCUT2D eigenvalue weighted by Gasteiger charge is -2.26. The van der Waals surface area contributed by atoms with Gasteiger partial charge >= 0.3 is 17.8 Å². The molecule has 132 valence electrons. The number of aromatic nitrogens is 2. The summed E-state index contributed by atoms with van der Waals surface area (Å²) >= 11 is 1.38. The minimum atomic E-state index is -0.681. The molecule has 0 spiro atoms. The number of nitrogens with zero attached hydrogens (tertiary/aromatic N) is 2. The van der Waals surface area contributed by atoms with Crippen LogP contribution in [-0.4, -0.2) is 34.4 Å². The molecule has 3 heterocycles. The van der Waals surface area contributed by atoms with Crippen molar-refractivity contribution in [3.8, 4) is 10.8 Å². The zero-order chi connectivity index (χ0) is 18.0. The average Bonchev–Trinajstić information content (AvgIpc) is 3.17. The highest BCUT2D eigenvalue weighted by Gasteiger charge is 2.30. The molecule has 9 nitrogen and oxygen atoms in total. The van der Waals surface area contributed by atoms with Crippen molar-refractivity contribution in [2.45, 2.75) is 26.4 Å². The Hall–Kier alpha value is -2.88. The lowest BCUT2D eigenvalue weighted by molar-refractivity contribution is -0.139. The van der Waals surface area contributed by atoms with Crippen LogP contribution in [0.15, 0.2) is 38.0 Å². The number of allylic oxidation sites excluding steroid dienone is 1. The Morgan fingerprint density at radius 3 is 2.96 bits per heavy atom. The maximum absolute atomic E-state index is 12.2. The van der Waals surface area contributed by atoms with E-state index in [1.54, 1.807) is 19.9 Å². The third kappa shape index (κ3) is 3.48. The van der Waals surface area contributed by atoms with E-state index in [2.05, 4.69) is 15.7 Å². The van der Waals surface area contributed by atoms with Gasteiger partial charge in [-0.05, 0) is 25.3 Å².